The summed E-state index contributed by atoms with van der Waals surface area (Å²) in [7, 11) is 0. The summed E-state index contributed by atoms with van der Waals surface area (Å²) in [5.74, 6) is -1.31. The van der Waals surface area contributed by atoms with E-state index in [0.29, 0.717) is 11.3 Å². The first kappa shape index (κ1) is 17.5. The van der Waals surface area contributed by atoms with Crippen molar-refractivity contribution in [2.45, 2.75) is 32.7 Å². The van der Waals surface area contributed by atoms with Gasteiger partial charge in [0, 0.05) is 29.4 Å². The maximum absolute atomic E-state index is 13.4. The van der Waals surface area contributed by atoms with Gasteiger partial charge in [0.05, 0.1) is 5.52 Å². The van der Waals surface area contributed by atoms with Crippen LogP contribution in [0.3, 0.4) is 0 Å². The van der Waals surface area contributed by atoms with Crippen LogP contribution in [-0.2, 0) is 0 Å². The molecule has 7 heteroatoms. The highest BCUT2D eigenvalue weighted by atomic mass is 19.1. The lowest BCUT2D eigenvalue weighted by molar-refractivity contribution is 0.0729. The number of carbonyl (C=O) groups is 1. The number of hydrogen-bond acceptors (Lipinski definition) is 3. The summed E-state index contributed by atoms with van der Waals surface area (Å²) in [6.45, 7) is 4.24. The molecule has 5 nitrogen and oxygen atoms in total. The Balaban J connectivity index is 1.66. The number of H-pyrrole nitrogens is 1. The summed E-state index contributed by atoms with van der Waals surface area (Å²) in [5.41, 5.74) is 1.17. The van der Waals surface area contributed by atoms with Gasteiger partial charge in [-0.25, -0.2) is 13.8 Å². The standard InChI is InChI=1S/C20H20F2N4O/c1-20(2)5-3-15(20)25-19(27)18-17-11(4-6-23-17)7-16(26-18)24-14-9-12(21)8-13(22)10-14/h4,6-10,15,23H,3,5H2,1-2H3,(H,24,26)(H,25,27). The lowest BCUT2D eigenvalue weighted by atomic mass is 9.67. The predicted octanol–water partition coefficient (Wildman–Crippen LogP) is 4.50. The Morgan fingerprint density at radius 1 is 1.22 bits per heavy atom. The Morgan fingerprint density at radius 3 is 2.59 bits per heavy atom. The minimum atomic E-state index is -0.689. The van der Waals surface area contributed by atoms with Crippen molar-refractivity contribution < 1.29 is 13.6 Å². The molecule has 140 valence electrons. The van der Waals surface area contributed by atoms with Crippen LogP contribution in [-0.4, -0.2) is 21.9 Å². The number of amides is 1. The molecule has 1 aliphatic rings. The number of fused-ring (bicyclic) bond motifs is 1. The van der Waals surface area contributed by atoms with E-state index in [1.807, 2.05) is 6.07 Å². The summed E-state index contributed by atoms with van der Waals surface area (Å²) in [4.78, 5) is 20.2. The third-order valence-electron chi connectivity index (χ3n) is 5.22. The summed E-state index contributed by atoms with van der Waals surface area (Å²) in [5, 5.41) is 6.70. The molecule has 0 aliphatic heterocycles. The van der Waals surface area contributed by atoms with Gasteiger partial charge in [0.1, 0.15) is 17.5 Å². The molecule has 1 fully saturated rings. The number of benzene rings is 1. The van der Waals surface area contributed by atoms with E-state index in [1.165, 1.54) is 12.1 Å². The Kier molecular flexibility index (Phi) is 4.09. The van der Waals surface area contributed by atoms with Crippen molar-refractivity contribution >= 4 is 28.3 Å². The summed E-state index contributed by atoms with van der Waals surface area (Å²) >= 11 is 0. The van der Waals surface area contributed by atoms with Crippen LogP contribution in [0.2, 0.25) is 0 Å². The number of halogens is 2. The van der Waals surface area contributed by atoms with Gasteiger partial charge in [-0.3, -0.25) is 4.79 Å². The third-order valence-corrected chi connectivity index (χ3v) is 5.22. The Bertz CT molecular complexity index is 1010. The number of pyridine rings is 1. The molecule has 1 unspecified atom stereocenters. The molecule has 0 saturated heterocycles. The second-order valence-corrected chi connectivity index (χ2v) is 7.63. The molecule has 1 atom stereocenters. The molecule has 1 amide bonds. The van der Waals surface area contributed by atoms with Crippen LogP contribution in [0.1, 0.15) is 37.2 Å². The van der Waals surface area contributed by atoms with Crippen molar-refractivity contribution in [2.75, 3.05) is 5.32 Å². The van der Waals surface area contributed by atoms with Gasteiger partial charge in [-0.1, -0.05) is 13.8 Å². The molecule has 1 aromatic carbocycles. The van der Waals surface area contributed by atoms with Crippen LogP contribution in [0.25, 0.3) is 10.9 Å². The average molecular weight is 370 g/mol. The molecule has 0 spiro atoms. The van der Waals surface area contributed by atoms with E-state index >= 15 is 0 Å². The van der Waals surface area contributed by atoms with Gasteiger partial charge in [-0.2, -0.15) is 0 Å². The summed E-state index contributed by atoms with van der Waals surface area (Å²) in [6, 6.07) is 6.78. The molecule has 1 saturated carbocycles. The summed E-state index contributed by atoms with van der Waals surface area (Å²) in [6.07, 6.45) is 3.73. The zero-order valence-corrected chi connectivity index (χ0v) is 15.1. The maximum Gasteiger partial charge on any atom is 0.272 e. The van der Waals surface area contributed by atoms with Crippen molar-refractivity contribution in [1.29, 1.82) is 0 Å². The smallest absolute Gasteiger partial charge is 0.272 e. The largest absolute Gasteiger partial charge is 0.359 e. The first-order valence-corrected chi connectivity index (χ1v) is 8.84. The van der Waals surface area contributed by atoms with Gasteiger partial charge < -0.3 is 15.6 Å². The number of nitrogens with zero attached hydrogens (tertiary/aromatic N) is 1. The lowest BCUT2D eigenvalue weighted by Crippen LogP contribution is -2.52. The van der Waals surface area contributed by atoms with Crippen molar-refractivity contribution in [2.24, 2.45) is 5.41 Å². The molecule has 3 aromatic rings. The van der Waals surface area contributed by atoms with Crippen LogP contribution >= 0.6 is 0 Å². The van der Waals surface area contributed by atoms with Crippen molar-refractivity contribution in [1.82, 2.24) is 15.3 Å². The zero-order valence-electron chi connectivity index (χ0n) is 15.1. The van der Waals surface area contributed by atoms with Crippen LogP contribution in [0.5, 0.6) is 0 Å². The maximum atomic E-state index is 13.4. The molecular formula is C20H20F2N4O. The van der Waals surface area contributed by atoms with E-state index in [-0.39, 0.29) is 28.7 Å². The van der Waals surface area contributed by atoms with Gasteiger partial charge in [0.2, 0.25) is 0 Å². The van der Waals surface area contributed by atoms with Gasteiger partial charge in [0.25, 0.3) is 5.91 Å². The minimum absolute atomic E-state index is 0.0689. The summed E-state index contributed by atoms with van der Waals surface area (Å²) < 4.78 is 26.9. The quantitative estimate of drug-likeness (QED) is 0.633. The van der Waals surface area contributed by atoms with Crippen molar-refractivity contribution in [3.05, 3.63) is 53.9 Å². The van der Waals surface area contributed by atoms with Crippen LogP contribution in [0.4, 0.5) is 20.3 Å². The van der Waals surface area contributed by atoms with Gasteiger partial charge in [0.15, 0.2) is 5.69 Å². The highest BCUT2D eigenvalue weighted by Crippen LogP contribution is 2.40. The zero-order chi connectivity index (χ0) is 19.2. The molecule has 27 heavy (non-hydrogen) atoms. The predicted molar refractivity (Wildman–Crippen MR) is 100 cm³/mol. The van der Waals surface area contributed by atoms with Crippen LogP contribution in [0.15, 0.2) is 36.5 Å². The molecular weight excluding hydrogens is 350 g/mol. The normalized spacial score (nSPS) is 18.1. The Morgan fingerprint density at radius 2 is 1.96 bits per heavy atom. The molecule has 0 bridgehead atoms. The van der Waals surface area contributed by atoms with E-state index in [4.69, 9.17) is 0 Å². The topological polar surface area (TPSA) is 69.8 Å². The highest BCUT2D eigenvalue weighted by Gasteiger charge is 2.39. The second-order valence-electron chi connectivity index (χ2n) is 7.63. The van der Waals surface area contributed by atoms with Gasteiger partial charge >= 0.3 is 0 Å². The SMILES string of the molecule is CC1(C)CCC1NC(=O)c1nc(Nc2cc(F)cc(F)c2)cc2cc[nH]c12. The van der Waals surface area contributed by atoms with Crippen molar-refractivity contribution in [3.8, 4) is 0 Å². The fourth-order valence-electron chi connectivity index (χ4n) is 3.43. The molecule has 4 rings (SSSR count). The third kappa shape index (κ3) is 3.37. The molecule has 1 aliphatic carbocycles. The van der Waals surface area contributed by atoms with E-state index in [0.717, 1.165) is 24.3 Å². The van der Waals surface area contributed by atoms with E-state index < -0.39 is 11.6 Å². The number of rotatable bonds is 4. The fraction of sp³-hybridized carbons (Fsp3) is 0.300. The molecule has 2 heterocycles. The molecule has 3 N–H and O–H groups in total. The van der Waals surface area contributed by atoms with Gasteiger partial charge in [-0.15, -0.1) is 0 Å². The average Bonchev–Trinajstić information content (AvgIpc) is 3.05. The van der Waals surface area contributed by atoms with Crippen LogP contribution < -0.4 is 10.6 Å². The van der Waals surface area contributed by atoms with Gasteiger partial charge in [-0.05, 0) is 42.5 Å². The van der Waals surface area contributed by atoms with E-state index in [1.54, 1.807) is 12.3 Å². The Hall–Kier alpha value is -2.96. The number of hydrogen-bond donors (Lipinski definition) is 3. The minimum Gasteiger partial charge on any atom is -0.359 e. The van der Waals surface area contributed by atoms with Crippen molar-refractivity contribution in [3.63, 3.8) is 0 Å². The first-order valence-electron chi connectivity index (χ1n) is 8.84. The molecule has 2 aromatic heterocycles. The number of aromatic nitrogens is 2. The Labute approximate surface area is 155 Å². The monoisotopic (exact) mass is 370 g/mol. The van der Waals surface area contributed by atoms with E-state index in [9.17, 15) is 13.6 Å². The number of nitrogens with one attached hydrogen (secondary N) is 3. The number of anilines is 2. The fourth-order valence-corrected chi connectivity index (χ4v) is 3.43. The molecule has 0 radical (unpaired) electrons. The first-order chi connectivity index (χ1) is 12.8. The van der Waals surface area contributed by atoms with Crippen LogP contribution in [0, 0.1) is 17.0 Å². The number of carbonyl (C=O) groups excluding carboxylic acids is 1. The second kappa shape index (κ2) is 6.33. The highest BCUT2D eigenvalue weighted by molar-refractivity contribution is 6.05. The number of aromatic amines is 1. The lowest BCUT2D eigenvalue weighted by Gasteiger charge is -2.44. The van der Waals surface area contributed by atoms with E-state index in [2.05, 4.69) is 34.4 Å².